The Morgan fingerprint density at radius 2 is 2.00 bits per heavy atom. The van der Waals surface area contributed by atoms with Gasteiger partial charge >= 0.3 is 0 Å². The molecule has 4 rings (SSSR count). The summed E-state index contributed by atoms with van der Waals surface area (Å²) in [5.41, 5.74) is 1.12. The Morgan fingerprint density at radius 3 is 2.68 bits per heavy atom. The van der Waals surface area contributed by atoms with Crippen molar-refractivity contribution in [2.45, 2.75) is 32.5 Å². The van der Waals surface area contributed by atoms with Crippen LogP contribution in [0.4, 0.5) is 0 Å². The molecule has 120 valence electrons. The monoisotopic (exact) mass is 304 g/mol. The van der Waals surface area contributed by atoms with Gasteiger partial charge in [-0.1, -0.05) is 35.5 Å². The highest BCUT2D eigenvalue weighted by Crippen LogP contribution is 2.29. The zero-order chi connectivity index (χ0) is 15.2. The zero-order valence-electron chi connectivity index (χ0n) is 13.1. The Morgan fingerprint density at radius 1 is 1.23 bits per heavy atom. The maximum Gasteiger partial charge on any atom is 0.222 e. The summed E-state index contributed by atoms with van der Waals surface area (Å²) in [7, 11) is 0. The SMILES string of the molecule is CC(=NOCOCc1ccccc1)OC1CN2CCC1CC2. The van der Waals surface area contributed by atoms with Crippen molar-refractivity contribution in [3.63, 3.8) is 0 Å². The first-order chi connectivity index (χ1) is 10.8. The lowest BCUT2D eigenvalue weighted by atomic mass is 9.86. The highest BCUT2D eigenvalue weighted by molar-refractivity contribution is 5.72. The Hall–Kier alpha value is -1.59. The number of piperidine rings is 3. The van der Waals surface area contributed by atoms with Gasteiger partial charge in [0.1, 0.15) is 6.10 Å². The van der Waals surface area contributed by atoms with E-state index >= 15 is 0 Å². The molecule has 1 aromatic carbocycles. The summed E-state index contributed by atoms with van der Waals surface area (Å²) in [6.45, 7) is 5.94. The average Bonchev–Trinajstić information content (AvgIpc) is 2.56. The van der Waals surface area contributed by atoms with Crippen LogP contribution in [0.5, 0.6) is 0 Å². The second-order valence-electron chi connectivity index (χ2n) is 5.99. The lowest BCUT2D eigenvalue weighted by Crippen LogP contribution is -2.51. The number of rotatable bonds is 6. The number of ether oxygens (including phenoxy) is 2. The van der Waals surface area contributed by atoms with Gasteiger partial charge in [0, 0.05) is 13.5 Å². The van der Waals surface area contributed by atoms with Crippen LogP contribution >= 0.6 is 0 Å². The van der Waals surface area contributed by atoms with Crippen molar-refractivity contribution < 1.29 is 14.3 Å². The van der Waals surface area contributed by atoms with Crippen LogP contribution in [0.25, 0.3) is 0 Å². The van der Waals surface area contributed by atoms with Crippen molar-refractivity contribution in [1.29, 1.82) is 0 Å². The topological polar surface area (TPSA) is 43.3 Å². The molecule has 0 N–H and O–H groups in total. The molecule has 1 aromatic rings. The first-order valence-corrected chi connectivity index (χ1v) is 7.98. The van der Waals surface area contributed by atoms with Gasteiger partial charge in [0.15, 0.2) is 0 Å². The lowest BCUT2D eigenvalue weighted by Gasteiger charge is -2.44. The van der Waals surface area contributed by atoms with E-state index in [1.165, 1.54) is 25.9 Å². The standard InChI is InChI=1S/C17H24N2O3/c1-14(22-17-11-19-9-7-16(17)8-10-19)18-21-13-20-12-15-5-3-2-4-6-15/h2-6,16-17H,7-13H2,1H3. The Bertz CT molecular complexity index is 484. The second kappa shape index (κ2) is 7.61. The minimum absolute atomic E-state index is 0.135. The highest BCUT2D eigenvalue weighted by Gasteiger charge is 2.35. The van der Waals surface area contributed by atoms with E-state index in [1.807, 2.05) is 37.3 Å². The summed E-state index contributed by atoms with van der Waals surface area (Å²) in [6.07, 6.45) is 2.73. The van der Waals surface area contributed by atoms with Gasteiger partial charge in [-0.2, -0.15) is 0 Å². The molecule has 1 unspecified atom stereocenters. The van der Waals surface area contributed by atoms with Gasteiger partial charge < -0.3 is 14.3 Å². The van der Waals surface area contributed by atoms with E-state index in [1.54, 1.807) is 0 Å². The van der Waals surface area contributed by atoms with Gasteiger partial charge in [-0.15, -0.1) is 0 Å². The van der Waals surface area contributed by atoms with Crippen LogP contribution in [-0.2, 0) is 20.9 Å². The second-order valence-corrected chi connectivity index (χ2v) is 5.99. The Balaban J connectivity index is 1.34. The molecule has 0 saturated carbocycles. The van der Waals surface area contributed by atoms with Gasteiger partial charge in [-0.25, -0.2) is 0 Å². The fraction of sp³-hybridized carbons (Fsp3) is 0.588. The first kappa shape index (κ1) is 15.3. The number of oxime groups is 1. The Labute approximate surface area is 131 Å². The molecule has 3 fully saturated rings. The predicted molar refractivity (Wildman–Crippen MR) is 84.3 cm³/mol. The molecule has 0 spiro atoms. The van der Waals surface area contributed by atoms with Crippen molar-refractivity contribution >= 4 is 5.90 Å². The zero-order valence-corrected chi connectivity index (χ0v) is 13.1. The summed E-state index contributed by atoms with van der Waals surface area (Å²) in [6, 6.07) is 10.0. The molecule has 1 atom stereocenters. The molecule has 5 heteroatoms. The molecule has 0 aromatic heterocycles. The lowest BCUT2D eigenvalue weighted by molar-refractivity contribution is -0.0665. The maximum absolute atomic E-state index is 5.92. The highest BCUT2D eigenvalue weighted by atomic mass is 16.7. The number of fused-ring (bicyclic) bond motifs is 3. The number of benzene rings is 1. The number of nitrogens with zero attached hydrogens (tertiary/aromatic N) is 2. The van der Waals surface area contributed by atoms with Crippen molar-refractivity contribution in [1.82, 2.24) is 4.90 Å². The summed E-state index contributed by atoms with van der Waals surface area (Å²) >= 11 is 0. The number of hydrogen-bond acceptors (Lipinski definition) is 5. The minimum atomic E-state index is 0.135. The third-order valence-electron chi connectivity index (χ3n) is 4.36. The van der Waals surface area contributed by atoms with Gasteiger partial charge in [0.2, 0.25) is 12.7 Å². The largest absolute Gasteiger partial charge is 0.474 e. The third kappa shape index (κ3) is 4.21. The van der Waals surface area contributed by atoms with Gasteiger partial charge in [-0.05, 0) is 37.4 Å². The van der Waals surface area contributed by atoms with Crippen LogP contribution in [0.15, 0.2) is 35.5 Å². The van der Waals surface area contributed by atoms with Crippen LogP contribution in [0.3, 0.4) is 0 Å². The molecule has 0 amide bonds. The molecule has 3 aliphatic rings. The molecule has 0 aliphatic carbocycles. The van der Waals surface area contributed by atoms with Gasteiger partial charge in [0.25, 0.3) is 0 Å². The maximum atomic E-state index is 5.92. The van der Waals surface area contributed by atoms with E-state index in [0.29, 0.717) is 18.4 Å². The van der Waals surface area contributed by atoms with Crippen LogP contribution < -0.4 is 0 Å². The molecule has 0 radical (unpaired) electrons. The van der Waals surface area contributed by atoms with Crippen LogP contribution in [0.1, 0.15) is 25.3 Å². The molecule has 3 heterocycles. The van der Waals surface area contributed by atoms with Crippen molar-refractivity contribution in [3.8, 4) is 0 Å². The quantitative estimate of drug-likeness (QED) is 0.266. The summed E-state index contributed by atoms with van der Waals surface area (Å²) in [5, 5.41) is 3.98. The van der Waals surface area contributed by atoms with Crippen LogP contribution in [-0.4, -0.2) is 43.3 Å². The molecular formula is C17H24N2O3. The van der Waals surface area contributed by atoms with Gasteiger partial charge in [-0.3, -0.25) is 4.90 Å². The van der Waals surface area contributed by atoms with E-state index in [9.17, 15) is 0 Å². The fourth-order valence-electron chi connectivity index (χ4n) is 3.17. The van der Waals surface area contributed by atoms with Crippen LogP contribution in [0.2, 0.25) is 0 Å². The normalized spacial score (nSPS) is 27.7. The Kier molecular flexibility index (Phi) is 5.29. The summed E-state index contributed by atoms with van der Waals surface area (Å²) in [4.78, 5) is 7.63. The van der Waals surface area contributed by atoms with Crippen molar-refractivity contribution in [2.24, 2.45) is 11.1 Å². The summed E-state index contributed by atoms with van der Waals surface area (Å²) in [5.74, 6) is 1.26. The van der Waals surface area contributed by atoms with Gasteiger partial charge in [0.05, 0.1) is 6.61 Å². The smallest absolute Gasteiger partial charge is 0.222 e. The molecule has 2 bridgehead atoms. The predicted octanol–water partition coefficient (Wildman–Crippen LogP) is 2.62. The van der Waals surface area contributed by atoms with E-state index in [4.69, 9.17) is 14.3 Å². The fourth-order valence-corrected chi connectivity index (χ4v) is 3.17. The molecule has 22 heavy (non-hydrogen) atoms. The van der Waals surface area contributed by atoms with E-state index < -0.39 is 0 Å². The first-order valence-electron chi connectivity index (χ1n) is 7.98. The molecular weight excluding hydrogens is 280 g/mol. The van der Waals surface area contributed by atoms with E-state index in [0.717, 1.165) is 12.1 Å². The minimum Gasteiger partial charge on any atom is -0.474 e. The molecule has 5 nitrogen and oxygen atoms in total. The molecule has 3 saturated heterocycles. The van der Waals surface area contributed by atoms with Crippen LogP contribution in [0, 0.1) is 5.92 Å². The number of hydrogen-bond donors (Lipinski definition) is 0. The van der Waals surface area contributed by atoms with Crippen molar-refractivity contribution in [3.05, 3.63) is 35.9 Å². The van der Waals surface area contributed by atoms with Crippen molar-refractivity contribution in [2.75, 3.05) is 26.4 Å². The average molecular weight is 304 g/mol. The summed E-state index contributed by atoms with van der Waals surface area (Å²) < 4.78 is 11.3. The molecule has 3 aliphatic heterocycles. The van der Waals surface area contributed by atoms with E-state index in [-0.39, 0.29) is 12.9 Å². The third-order valence-corrected chi connectivity index (χ3v) is 4.36. The van der Waals surface area contributed by atoms with E-state index in [2.05, 4.69) is 10.1 Å².